The second-order valence-electron chi connectivity index (χ2n) is 6.29. The molecule has 2 aromatic rings. The zero-order valence-corrected chi connectivity index (χ0v) is 13.2. The summed E-state index contributed by atoms with van der Waals surface area (Å²) in [5.74, 6) is -0.0425. The number of aromatic nitrogens is 3. The van der Waals surface area contributed by atoms with Gasteiger partial charge in [-0.15, -0.1) is 0 Å². The summed E-state index contributed by atoms with van der Waals surface area (Å²) in [5, 5.41) is 16.6. The largest absolute Gasteiger partial charge is 0.506 e. The number of hydrogen-bond donors (Lipinski definition) is 2. The first-order valence-electron chi connectivity index (χ1n) is 7.32. The Labute approximate surface area is 130 Å². The molecule has 0 aliphatic rings. The molecule has 1 heterocycles. The van der Waals surface area contributed by atoms with Crippen molar-refractivity contribution in [1.29, 1.82) is 0 Å². The lowest BCUT2D eigenvalue weighted by molar-refractivity contribution is -0.116. The van der Waals surface area contributed by atoms with Gasteiger partial charge in [-0.2, -0.15) is 5.10 Å². The van der Waals surface area contributed by atoms with Crippen molar-refractivity contribution in [2.45, 2.75) is 45.6 Å². The summed E-state index contributed by atoms with van der Waals surface area (Å²) in [7, 11) is 0. The lowest BCUT2D eigenvalue weighted by atomic mass is 9.87. The van der Waals surface area contributed by atoms with Crippen LogP contribution in [0.1, 0.15) is 39.2 Å². The molecule has 6 heteroatoms. The number of phenolic OH excluding ortho intramolecular Hbond substituents is 1. The van der Waals surface area contributed by atoms with E-state index in [9.17, 15) is 9.90 Å². The monoisotopic (exact) mass is 302 g/mol. The van der Waals surface area contributed by atoms with E-state index in [1.807, 2.05) is 12.1 Å². The zero-order valence-electron chi connectivity index (χ0n) is 13.2. The van der Waals surface area contributed by atoms with Crippen LogP contribution in [0.25, 0.3) is 0 Å². The summed E-state index contributed by atoms with van der Waals surface area (Å²) >= 11 is 0. The first kappa shape index (κ1) is 16.0. The number of carbonyl (C=O) groups excluding carboxylic acids is 1. The summed E-state index contributed by atoms with van der Waals surface area (Å²) in [6, 6.07) is 5.31. The Morgan fingerprint density at radius 3 is 2.77 bits per heavy atom. The lowest BCUT2D eigenvalue weighted by Gasteiger charge is -2.20. The summed E-state index contributed by atoms with van der Waals surface area (Å²) in [6.45, 7) is 6.90. The quantitative estimate of drug-likeness (QED) is 0.832. The van der Waals surface area contributed by atoms with Crippen LogP contribution in [0.4, 0.5) is 5.69 Å². The van der Waals surface area contributed by atoms with E-state index in [1.54, 1.807) is 17.1 Å². The number of amides is 1. The maximum absolute atomic E-state index is 12.0. The third-order valence-electron chi connectivity index (χ3n) is 3.39. The van der Waals surface area contributed by atoms with Crippen LogP contribution in [-0.2, 0) is 16.8 Å². The second-order valence-corrected chi connectivity index (χ2v) is 6.29. The van der Waals surface area contributed by atoms with Crippen molar-refractivity contribution in [1.82, 2.24) is 14.8 Å². The molecule has 0 aliphatic heterocycles. The molecule has 1 amide bonds. The number of aryl methyl sites for hydroxylation is 1. The number of benzene rings is 1. The Kier molecular flexibility index (Phi) is 4.80. The first-order chi connectivity index (χ1) is 10.4. The topological polar surface area (TPSA) is 80.0 Å². The van der Waals surface area contributed by atoms with Gasteiger partial charge in [-0.05, 0) is 29.5 Å². The number of aromatic hydroxyl groups is 1. The fraction of sp³-hybridized carbons (Fsp3) is 0.438. The molecular weight excluding hydrogens is 280 g/mol. The molecule has 0 saturated heterocycles. The summed E-state index contributed by atoms with van der Waals surface area (Å²) in [5.41, 5.74) is 1.47. The average Bonchev–Trinajstić information content (AvgIpc) is 2.93. The predicted octanol–water partition coefficient (Wildman–Crippen LogP) is 2.70. The minimum Gasteiger partial charge on any atom is -0.506 e. The van der Waals surface area contributed by atoms with Crippen LogP contribution in [0, 0.1) is 0 Å². The molecule has 0 atom stereocenters. The van der Waals surface area contributed by atoms with Gasteiger partial charge in [0.1, 0.15) is 18.4 Å². The number of anilines is 1. The Morgan fingerprint density at radius 1 is 1.36 bits per heavy atom. The molecule has 0 unspecified atom stereocenters. The van der Waals surface area contributed by atoms with Crippen LogP contribution in [0.3, 0.4) is 0 Å². The van der Waals surface area contributed by atoms with Gasteiger partial charge < -0.3 is 10.4 Å². The van der Waals surface area contributed by atoms with Gasteiger partial charge in [0.25, 0.3) is 0 Å². The van der Waals surface area contributed by atoms with E-state index in [1.165, 1.54) is 6.33 Å². The van der Waals surface area contributed by atoms with Crippen molar-refractivity contribution in [3.05, 3.63) is 36.4 Å². The summed E-state index contributed by atoms with van der Waals surface area (Å²) in [6.07, 6.45) is 4.11. The summed E-state index contributed by atoms with van der Waals surface area (Å²) in [4.78, 5) is 15.8. The zero-order chi connectivity index (χ0) is 16.2. The lowest BCUT2D eigenvalue weighted by Crippen LogP contribution is -2.15. The number of rotatable bonds is 5. The van der Waals surface area contributed by atoms with Gasteiger partial charge in [-0.25, -0.2) is 4.98 Å². The van der Waals surface area contributed by atoms with Gasteiger partial charge in [0.2, 0.25) is 5.91 Å². The third kappa shape index (κ3) is 4.31. The van der Waals surface area contributed by atoms with Gasteiger partial charge >= 0.3 is 0 Å². The SMILES string of the molecule is CC(C)(C)c1ccc(O)c(NC(=O)CCCn2cncn2)c1. The molecule has 2 N–H and O–H groups in total. The molecule has 1 aromatic heterocycles. The van der Waals surface area contributed by atoms with E-state index < -0.39 is 0 Å². The minimum atomic E-state index is -0.124. The number of nitrogens with zero attached hydrogens (tertiary/aromatic N) is 3. The normalized spacial score (nSPS) is 11.4. The standard InChI is InChI=1S/C16H22N4O2/c1-16(2,3)12-6-7-14(21)13(9-12)19-15(22)5-4-8-20-11-17-10-18-20/h6-7,9-11,21H,4-5,8H2,1-3H3,(H,19,22). The van der Waals surface area contributed by atoms with Gasteiger partial charge in [-0.1, -0.05) is 26.8 Å². The Morgan fingerprint density at radius 2 is 2.14 bits per heavy atom. The third-order valence-corrected chi connectivity index (χ3v) is 3.39. The van der Waals surface area contributed by atoms with Crippen LogP contribution < -0.4 is 5.32 Å². The Balaban J connectivity index is 1.93. The van der Waals surface area contributed by atoms with Crippen LogP contribution in [0.5, 0.6) is 5.75 Å². The number of nitrogens with one attached hydrogen (secondary N) is 1. The maximum atomic E-state index is 12.0. The minimum absolute atomic E-state index is 0.0414. The first-order valence-corrected chi connectivity index (χ1v) is 7.32. The highest BCUT2D eigenvalue weighted by atomic mass is 16.3. The van der Waals surface area contributed by atoms with Gasteiger partial charge in [0.15, 0.2) is 0 Å². The van der Waals surface area contributed by atoms with Crippen molar-refractivity contribution >= 4 is 11.6 Å². The molecule has 6 nitrogen and oxygen atoms in total. The van der Waals surface area contributed by atoms with E-state index in [0.717, 1.165) is 5.56 Å². The van der Waals surface area contributed by atoms with E-state index in [2.05, 4.69) is 36.2 Å². The van der Waals surface area contributed by atoms with E-state index in [4.69, 9.17) is 0 Å². The molecule has 0 saturated carbocycles. The Hall–Kier alpha value is -2.37. The number of hydrogen-bond acceptors (Lipinski definition) is 4. The number of carbonyl (C=O) groups is 1. The second kappa shape index (κ2) is 6.60. The van der Waals surface area contributed by atoms with Crippen LogP contribution >= 0.6 is 0 Å². The van der Waals surface area contributed by atoms with Gasteiger partial charge in [0, 0.05) is 13.0 Å². The van der Waals surface area contributed by atoms with Crippen molar-refractivity contribution in [3.8, 4) is 5.75 Å². The van der Waals surface area contributed by atoms with Crippen molar-refractivity contribution in [2.75, 3.05) is 5.32 Å². The molecule has 0 fully saturated rings. The molecule has 22 heavy (non-hydrogen) atoms. The molecule has 1 aromatic carbocycles. The van der Waals surface area contributed by atoms with Gasteiger partial charge in [0.05, 0.1) is 5.69 Å². The average molecular weight is 302 g/mol. The fourth-order valence-electron chi connectivity index (χ4n) is 2.07. The highest BCUT2D eigenvalue weighted by Gasteiger charge is 2.16. The molecule has 2 rings (SSSR count). The number of phenols is 1. The molecule has 0 radical (unpaired) electrons. The highest BCUT2D eigenvalue weighted by Crippen LogP contribution is 2.30. The molecular formula is C16H22N4O2. The fourth-order valence-corrected chi connectivity index (χ4v) is 2.07. The van der Waals surface area contributed by atoms with Crippen molar-refractivity contribution in [2.24, 2.45) is 0 Å². The van der Waals surface area contributed by atoms with E-state index >= 15 is 0 Å². The molecule has 118 valence electrons. The van der Waals surface area contributed by atoms with Crippen LogP contribution in [0.15, 0.2) is 30.9 Å². The summed E-state index contributed by atoms with van der Waals surface area (Å²) < 4.78 is 1.69. The molecule has 0 bridgehead atoms. The van der Waals surface area contributed by atoms with E-state index in [-0.39, 0.29) is 17.1 Å². The molecule has 0 aliphatic carbocycles. The maximum Gasteiger partial charge on any atom is 0.224 e. The highest BCUT2D eigenvalue weighted by molar-refractivity contribution is 5.92. The smallest absolute Gasteiger partial charge is 0.224 e. The molecule has 0 spiro atoms. The van der Waals surface area contributed by atoms with E-state index in [0.29, 0.717) is 25.1 Å². The van der Waals surface area contributed by atoms with Gasteiger partial charge in [-0.3, -0.25) is 9.48 Å². The van der Waals surface area contributed by atoms with Crippen molar-refractivity contribution < 1.29 is 9.90 Å². The van der Waals surface area contributed by atoms with Crippen LogP contribution in [0.2, 0.25) is 0 Å². The van der Waals surface area contributed by atoms with Crippen LogP contribution in [-0.4, -0.2) is 25.8 Å². The predicted molar refractivity (Wildman–Crippen MR) is 84.7 cm³/mol. The van der Waals surface area contributed by atoms with Crippen molar-refractivity contribution in [3.63, 3.8) is 0 Å². The Bertz CT molecular complexity index is 630.